The standard InChI is InChI=1S/C24H30FN4O7PS2.2C2HF3O2/c1-2-18-19-12-21(34-9-3-7-26)22(35-10-4-8-27)13-23(19)38-24(18)39(32,33)29-15-37(30,31)36-17-6-5-16(14-28)20(25)11-17;2*3-2(4,5)1(6)7/h5-6,11-13,29H,2-4,7-10,15,26-27H2,1H3,(H,30,31);2*(H,6,7). The lowest BCUT2D eigenvalue weighted by molar-refractivity contribution is -0.369. The van der Waals surface area contributed by atoms with Gasteiger partial charge in [0.2, 0.25) is 0 Å². The Hall–Kier alpha value is -4.24. The Kier molecular flexibility index (Phi) is 17.9. The highest BCUT2D eigenvalue weighted by atomic mass is 32.2. The summed E-state index contributed by atoms with van der Waals surface area (Å²) in [6, 6.07) is 8.14. The van der Waals surface area contributed by atoms with Crippen molar-refractivity contribution in [3.8, 4) is 23.3 Å². The van der Waals surface area contributed by atoms with E-state index < -0.39 is 54.0 Å². The van der Waals surface area contributed by atoms with Crippen LogP contribution in [0, 0.1) is 17.1 Å². The number of rotatable bonds is 15. The number of fused-ring (bicyclic) bond motifs is 1. The van der Waals surface area contributed by atoms with E-state index in [0.29, 0.717) is 59.9 Å². The van der Waals surface area contributed by atoms with Crippen molar-refractivity contribution in [2.75, 3.05) is 32.6 Å². The highest BCUT2D eigenvalue weighted by Gasteiger charge is 2.31. The van der Waals surface area contributed by atoms with Crippen LogP contribution in [0.3, 0.4) is 0 Å². The molecule has 1 aromatic heterocycles. The molecule has 3 rings (SSSR count). The molecular weight excluding hydrogens is 796 g/mol. The van der Waals surface area contributed by atoms with E-state index in [-0.39, 0.29) is 15.5 Å². The van der Waals surface area contributed by atoms with Crippen molar-refractivity contribution < 1.29 is 93.9 Å². The van der Waals surface area contributed by atoms with E-state index >= 15 is 0 Å². The number of carbonyl (C=O) groups is 2. The van der Waals surface area contributed by atoms with E-state index in [1.54, 1.807) is 18.2 Å². The molecule has 15 nitrogen and oxygen atoms in total. The van der Waals surface area contributed by atoms with Crippen molar-refractivity contribution in [1.29, 1.82) is 5.26 Å². The van der Waals surface area contributed by atoms with Gasteiger partial charge in [0, 0.05) is 35.1 Å². The lowest BCUT2D eigenvalue weighted by Crippen LogP contribution is -2.50. The Morgan fingerprint density at radius 2 is 1.47 bits per heavy atom. The summed E-state index contributed by atoms with van der Waals surface area (Å²) in [6.07, 6.45) is -9.49. The van der Waals surface area contributed by atoms with Gasteiger partial charge >= 0.3 is 19.9 Å². The zero-order valence-electron chi connectivity index (χ0n) is 27.3. The number of nitrogens with one attached hydrogen (secondary N) is 1. The van der Waals surface area contributed by atoms with Crippen molar-refractivity contribution in [1.82, 2.24) is 4.72 Å². The molecule has 0 saturated heterocycles. The van der Waals surface area contributed by atoms with Crippen LogP contribution in [0.5, 0.6) is 17.2 Å². The third kappa shape index (κ3) is 15.3. The third-order valence-electron chi connectivity index (χ3n) is 5.95. The van der Waals surface area contributed by atoms with Crippen LogP contribution in [-0.4, -0.2) is 70.2 Å². The number of carboxylic acid groups (broad SMARTS) is 2. The fraction of sp³-hybridized carbons (Fsp3) is 0.393. The number of carbonyl (C=O) groups excluding carboxylic acids is 2. The minimum absolute atomic E-state index is 0.0111. The van der Waals surface area contributed by atoms with E-state index in [9.17, 15) is 48.6 Å². The average Bonchev–Trinajstić information content (AvgIpc) is 3.42. The highest BCUT2D eigenvalue weighted by Crippen LogP contribution is 2.44. The van der Waals surface area contributed by atoms with E-state index in [0.717, 1.165) is 42.4 Å². The first-order valence-corrected chi connectivity index (χ1v) is 18.7. The minimum atomic E-state index is -5.19. The fourth-order valence-electron chi connectivity index (χ4n) is 3.55. The number of ether oxygens (including phenoxy) is 2. The molecule has 1 unspecified atom stereocenters. The molecule has 2 aromatic carbocycles. The number of hydrogen-bond donors (Lipinski definition) is 4. The van der Waals surface area contributed by atoms with Crippen LogP contribution in [0.15, 0.2) is 34.5 Å². The van der Waals surface area contributed by atoms with Crippen LogP contribution in [0.4, 0.5) is 30.7 Å². The van der Waals surface area contributed by atoms with E-state index in [4.69, 9.17) is 39.1 Å². The molecule has 0 aliphatic heterocycles. The van der Waals surface area contributed by atoms with Crippen LogP contribution in [0.2, 0.25) is 0 Å². The summed E-state index contributed by atoms with van der Waals surface area (Å²) < 4.78 is 136. The van der Waals surface area contributed by atoms with Crippen molar-refractivity contribution in [3.63, 3.8) is 0 Å². The number of aliphatic carboxylic acids is 2. The Morgan fingerprint density at radius 1 is 0.981 bits per heavy atom. The molecule has 0 aliphatic carbocycles. The van der Waals surface area contributed by atoms with Crippen molar-refractivity contribution in [2.24, 2.45) is 0 Å². The molecule has 1 heterocycles. The third-order valence-corrected chi connectivity index (χ3v) is 10.4. The maximum atomic E-state index is 13.8. The predicted octanol–water partition coefficient (Wildman–Crippen LogP) is 0.593. The summed E-state index contributed by atoms with van der Waals surface area (Å²) in [7, 11) is -8.80. The number of thiophene rings is 1. The van der Waals surface area contributed by atoms with Gasteiger partial charge < -0.3 is 50.2 Å². The van der Waals surface area contributed by atoms with Crippen molar-refractivity contribution in [3.05, 3.63) is 47.3 Å². The van der Waals surface area contributed by atoms with Gasteiger partial charge in [-0.25, -0.2) is 17.4 Å². The molecule has 3 aromatic rings. The lowest BCUT2D eigenvalue weighted by atomic mass is 10.1. The molecule has 0 fully saturated rings. The Bertz CT molecular complexity index is 1900. The number of hydrogen-bond acceptors (Lipinski definition) is 12. The lowest BCUT2D eigenvalue weighted by Gasteiger charge is -2.14. The largest absolute Gasteiger partial charge is 0.542 e. The Balaban J connectivity index is 0.000000845. The molecule has 0 spiro atoms. The van der Waals surface area contributed by atoms with Crippen LogP contribution in [0.25, 0.3) is 10.1 Å². The Labute approximate surface area is 300 Å². The van der Waals surface area contributed by atoms with Crippen LogP contribution >= 0.6 is 18.9 Å². The predicted molar refractivity (Wildman–Crippen MR) is 166 cm³/mol. The zero-order valence-corrected chi connectivity index (χ0v) is 29.9. The first-order chi connectivity index (χ1) is 24.4. The molecule has 0 aliphatic rings. The average molecular weight is 829 g/mol. The summed E-state index contributed by atoms with van der Waals surface area (Å²) in [6.45, 7) is 4.06. The second-order valence-electron chi connectivity index (χ2n) is 9.99. The molecule has 25 heteroatoms. The number of aryl methyl sites for hydroxylation is 1. The number of nitriles is 1. The summed E-state index contributed by atoms with van der Waals surface area (Å²) in [5.41, 5.74) is 7.88. The number of nitrogens with zero attached hydrogens (tertiary/aromatic N) is 1. The number of halogens is 7. The van der Waals surface area contributed by atoms with Crippen LogP contribution < -0.4 is 40.4 Å². The summed E-state index contributed by atoms with van der Waals surface area (Å²) in [5, 5.41) is 27.1. The van der Waals surface area contributed by atoms with Gasteiger partial charge in [-0.3, -0.25) is 0 Å². The molecule has 0 saturated carbocycles. The van der Waals surface area contributed by atoms with Crippen LogP contribution in [-0.2, 0) is 30.6 Å². The smallest absolute Gasteiger partial charge is 0.430 e. The summed E-state index contributed by atoms with van der Waals surface area (Å²) >= 11 is 1.01. The molecule has 8 N–H and O–H groups in total. The van der Waals surface area contributed by atoms with E-state index in [1.807, 2.05) is 6.92 Å². The van der Waals surface area contributed by atoms with Gasteiger partial charge in [0.15, 0.2) is 11.5 Å². The van der Waals surface area contributed by atoms with Gasteiger partial charge in [0.1, 0.15) is 40.1 Å². The second-order valence-corrected chi connectivity index (χ2v) is 14.8. The van der Waals surface area contributed by atoms with Gasteiger partial charge in [-0.05, 0) is 30.2 Å². The van der Waals surface area contributed by atoms with Crippen molar-refractivity contribution in [2.45, 2.75) is 42.7 Å². The molecule has 296 valence electrons. The minimum Gasteiger partial charge on any atom is -0.542 e. The SMILES string of the molecule is CCc1c(S(=O)(=O)NCP(=O)(O)Oc2ccc(C#N)c(F)c2)sc2cc(OCCC[NH3+])c(OCCC[NH3+])cc12.O=C([O-])C(F)(F)F.O=C([O-])C(F)(F)F. The van der Waals surface area contributed by atoms with Gasteiger partial charge in [0.25, 0.3) is 10.0 Å². The van der Waals surface area contributed by atoms with Gasteiger partial charge in [-0.2, -0.15) is 36.3 Å². The number of quaternary nitrogens is 2. The number of alkyl halides is 6. The second kappa shape index (κ2) is 20.3. The fourth-order valence-corrected chi connectivity index (χ4v) is 8.02. The van der Waals surface area contributed by atoms with Gasteiger partial charge in [-0.15, -0.1) is 11.3 Å². The molecule has 1 atom stereocenters. The number of benzene rings is 2. The maximum absolute atomic E-state index is 13.8. The van der Waals surface area contributed by atoms with E-state index in [2.05, 4.69) is 16.2 Å². The topological polar surface area (TPSA) is 270 Å². The molecule has 0 amide bonds. The highest BCUT2D eigenvalue weighted by molar-refractivity contribution is 7.92. The Morgan fingerprint density at radius 3 is 1.89 bits per heavy atom. The molecule has 0 radical (unpaired) electrons. The maximum Gasteiger partial charge on any atom is 0.430 e. The molecular formula is C28H32F7N4O11PS2. The number of sulfonamides is 1. The van der Waals surface area contributed by atoms with Gasteiger partial charge in [0.05, 0.1) is 31.9 Å². The van der Waals surface area contributed by atoms with E-state index in [1.165, 1.54) is 0 Å². The zero-order chi connectivity index (χ0) is 40.8. The normalized spacial score (nSPS) is 12.6. The van der Waals surface area contributed by atoms with Crippen molar-refractivity contribution >= 4 is 51.0 Å². The van der Waals surface area contributed by atoms with Gasteiger partial charge in [-0.1, -0.05) is 6.92 Å². The summed E-state index contributed by atoms with van der Waals surface area (Å²) in [5.74, 6) is -6.28. The monoisotopic (exact) mass is 828 g/mol. The first-order valence-electron chi connectivity index (χ1n) is 14.6. The quantitative estimate of drug-likeness (QED) is 0.0932. The van der Waals surface area contributed by atoms with Crippen LogP contribution in [0.1, 0.15) is 30.9 Å². The number of carboxylic acids is 2. The molecule has 53 heavy (non-hydrogen) atoms. The summed E-state index contributed by atoms with van der Waals surface area (Å²) in [4.78, 5) is 27.8. The molecule has 0 bridgehead atoms. The first kappa shape index (κ1) is 46.8.